The van der Waals surface area contributed by atoms with Crippen molar-refractivity contribution in [3.8, 4) is 11.5 Å². The standard InChI is InChI=1S/C17H19Cl2NO3/c1-21-9-10-22-15-4-2-3-14(12-15)20-7-8-23-17-6-5-13(18)11-16(17)19/h2-6,11-12,20H,7-10H2,1H3. The molecule has 0 spiro atoms. The van der Waals surface area contributed by atoms with E-state index in [4.69, 9.17) is 37.4 Å². The molecule has 2 aromatic rings. The van der Waals surface area contributed by atoms with Crippen molar-refractivity contribution in [2.45, 2.75) is 0 Å². The Labute approximate surface area is 146 Å². The first-order valence-corrected chi connectivity index (χ1v) is 7.98. The summed E-state index contributed by atoms with van der Waals surface area (Å²) in [5.74, 6) is 1.42. The predicted octanol–water partition coefficient (Wildman–Crippen LogP) is 4.51. The topological polar surface area (TPSA) is 39.7 Å². The first-order chi connectivity index (χ1) is 11.2. The van der Waals surface area contributed by atoms with Gasteiger partial charge < -0.3 is 19.5 Å². The minimum Gasteiger partial charge on any atom is -0.491 e. The first-order valence-electron chi connectivity index (χ1n) is 7.22. The number of benzene rings is 2. The van der Waals surface area contributed by atoms with Crippen molar-refractivity contribution in [2.24, 2.45) is 0 Å². The van der Waals surface area contributed by atoms with E-state index in [1.807, 2.05) is 24.3 Å². The minimum atomic E-state index is 0.482. The van der Waals surface area contributed by atoms with Crippen molar-refractivity contribution in [3.63, 3.8) is 0 Å². The number of anilines is 1. The van der Waals surface area contributed by atoms with Gasteiger partial charge in [0.15, 0.2) is 0 Å². The largest absolute Gasteiger partial charge is 0.491 e. The molecule has 2 aromatic carbocycles. The van der Waals surface area contributed by atoms with Crippen LogP contribution in [-0.2, 0) is 4.74 Å². The third kappa shape index (κ3) is 6.18. The molecule has 0 aliphatic carbocycles. The maximum atomic E-state index is 6.05. The summed E-state index contributed by atoms with van der Waals surface area (Å²) in [6.07, 6.45) is 0. The Hall–Kier alpha value is -1.62. The van der Waals surface area contributed by atoms with Crippen LogP contribution in [0.1, 0.15) is 0 Å². The van der Waals surface area contributed by atoms with Gasteiger partial charge in [-0.05, 0) is 30.3 Å². The van der Waals surface area contributed by atoms with Crippen LogP contribution in [0.5, 0.6) is 11.5 Å². The fourth-order valence-corrected chi connectivity index (χ4v) is 2.35. The highest BCUT2D eigenvalue weighted by atomic mass is 35.5. The molecule has 124 valence electrons. The highest BCUT2D eigenvalue weighted by Crippen LogP contribution is 2.27. The van der Waals surface area contributed by atoms with Crippen LogP contribution in [0.3, 0.4) is 0 Å². The quantitative estimate of drug-likeness (QED) is 0.671. The highest BCUT2D eigenvalue weighted by Gasteiger charge is 2.02. The molecule has 0 saturated heterocycles. The molecule has 0 bridgehead atoms. The molecule has 0 saturated carbocycles. The van der Waals surface area contributed by atoms with Gasteiger partial charge in [-0.25, -0.2) is 0 Å². The first kappa shape index (κ1) is 17.7. The van der Waals surface area contributed by atoms with Crippen molar-refractivity contribution in [2.75, 3.05) is 38.8 Å². The van der Waals surface area contributed by atoms with Gasteiger partial charge in [0.2, 0.25) is 0 Å². The van der Waals surface area contributed by atoms with Gasteiger partial charge >= 0.3 is 0 Å². The fourth-order valence-electron chi connectivity index (χ4n) is 1.89. The molecular formula is C17H19Cl2NO3. The molecule has 1 N–H and O–H groups in total. The molecule has 0 amide bonds. The SMILES string of the molecule is COCCOc1cccc(NCCOc2ccc(Cl)cc2Cl)c1. The lowest BCUT2D eigenvalue weighted by Gasteiger charge is -2.11. The second kappa shape index (κ2) is 9.50. The molecule has 0 unspecified atom stereocenters. The van der Waals surface area contributed by atoms with Crippen LogP contribution in [0.2, 0.25) is 10.0 Å². The number of nitrogens with one attached hydrogen (secondary N) is 1. The number of hydrogen-bond acceptors (Lipinski definition) is 4. The van der Waals surface area contributed by atoms with Crippen LogP contribution < -0.4 is 14.8 Å². The predicted molar refractivity (Wildman–Crippen MR) is 94.3 cm³/mol. The molecule has 23 heavy (non-hydrogen) atoms. The molecule has 0 radical (unpaired) electrons. The Balaban J connectivity index is 1.76. The number of halogens is 2. The van der Waals surface area contributed by atoms with E-state index >= 15 is 0 Å². The molecule has 2 rings (SSSR count). The minimum absolute atomic E-state index is 0.482. The van der Waals surface area contributed by atoms with Crippen molar-refractivity contribution in [3.05, 3.63) is 52.5 Å². The lowest BCUT2D eigenvalue weighted by atomic mass is 10.3. The highest BCUT2D eigenvalue weighted by molar-refractivity contribution is 6.35. The molecule has 0 heterocycles. The summed E-state index contributed by atoms with van der Waals surface area (Å²) in [6.45, 7) is 2.21. The van der Waals surface area contributed by atoms with Crippen LogP contribution in [0, 0.1) is 0 Å². The van der Waals surface area contributed by atoms with Crippen LogP contribution in [-0.4, -0.2) is 33.5 Å². The van der Waals surface area contributed by atoms with Gasteiger partial charge in [-0.1, -0.05) is 29.3 Å². The molecule has 0 aromatic heterocycles. The van der Waals surface area contributed by atoms with E-state index in [0.29, 0.717) is 42.2 Å². The Morgan fingerprint density at radius 2 is 1.83 bits per heavy atom. The Bertz CT molecular complexity index is 623. The van der Waals surface area contributed by atoms with Gasteiger partial charge in [0.25, 0.3) is 0 Å². The summed E-state index contributed by atoms with van der Waals surface area (Å²) < 4.78 is 16.1. The molecular weight excluding hydrogens is 337 g/mol. The van der Waals surface area contributed by atoms with Crippen LogP contribution >= 0.6 is 23.2 Å². The van der Waals surface area contributed by atoms with Crippen molar-refractivity contribution in [1.82, 2.24) is 0 Å². The number of rotatable bonds is 9. The zero-order chi connectivity index (χ0) is 16.5. The van der Waals surface area contributed by atoms with Crippen molar-refractivity contribution >= 4 is 28.9 Å². The van der Waals surface area contributed by atoms with Gasteiger partial charge in [0, 0.05) is 30.4 Å². The molecule has 0 fully saturated rings. The third-order valence-electron chi connectivity index (χ3n) is 2.97. The monoisotopic (exact) mass is 355 g/mol. The van der Waals surface area contributed by atoms with Crippen LogP contribution in [0.15, 0.2) is 42.5 Å². The normalized spacial score (nSPS) is 10.4. The molecule has 4 nitrogen and oxygen atoms in total. The van der Waals surface area contributed by atoms with Crippen LogP contribution in [0.25, 0.3) is 0 Å². The Morgan fingerprint density at radius 3 is 2.61 bits per heavy atom. The van der Waals surface area contributed by atoms with E-state index in [0.717, 1.165) is 11.4 Å². The maximum absolute atomic E-state index is 6.05. The average Bonchev–Trinajstić information content (AvgIpc) is 2.54. The average molecular weight is 356 g/mol. The summed E-state index contributed by atoms with van der Waals surface area (Å²) in [6, 6.07) is 12.9. The van der Waals surface area contributed by atoms with E-state index in [-0.39, 0.29) is 0 Å². The summed E-state index contributed by atoms with van der Waals surface area (Å²) in [4.78, 5) is 0. The lowest BCUT2D eigenvalue weighted by molar-refractivity contribution is 0.146. The lowest BCUT2D eigenvalue weighted by Crippen LogP contribution is -2.11. The van der Waals surface area contributed by atoms with E-state index in [9.17, 15) is 0 Å². The molecule has 0 aliphatic heterocycles. The maximum Gasteiger partial charge on any atom is 0.138 e. The van der Waals surface area contributed by atoms with Gasteiger partial charge in [-0.2, -0.15) is 0 Å². The summed E-state index contributed by atoms with van der Waals surface area (Å²) in [5, 5.41) is 4.37. The van der Waals surface area contributed by atoms with Gasteiger partial charge in [0.05, 0.1) is 11.6 Å². The van der Waals surface area contributed by atoms with Gasteiger partial charge in [-0.3, -0.25) is 0 Å². The Kier molecular flexibility index (Phi) is 7.33. The second-order valence-corrected chi connectivity index (χ2v) is 5.56. The fraction of sp³-hybridized carbons (Fsp3) is 0.294. The zero-order valence-electron chi connectivity index (χ0n) is 12.9. The molecule has 0 atom stereocenters. The van der Waals surface area contributed by atoms with Crippen molar-refractivity contribution in [1.29, 1.82) is 0 Å². The number of methoxy groups -OCH3 is 1. The van der Waals surface area contributed by atoms with Crippen molar-refractivity contribution < 1.29 is 14.2 Å². The number of ether oxygens (including phenoxy) is 3. The smallest absolute Gasteiger partial charge is 0.138 e. The zero-order valence-corrected chi connectivity index (χ0v) is 14.4. The second-order valence-electron chi connectivity index (χ2n) is 4.72. The summed E-state index contributed by atoms with van der Waals surface area (Å²) >= 11 is 11.9. The Morgan fingerprint density at radius 1 is 0.957 bits per heavy atom. The van der Waals surface area contributed by atoms with E-state index in [2.05, 4.69) is 5.32 Å². The molecule has 0 aliphatic rings. The summed E-state index contributed by atoms with van der Waals surface area (Å²) in [5.41, 5.74) is 0.964. The third-order valence-corrected chi connectivity index (χ3v) is 3.50. The van der Waals surface area contributed by atoms with Gasteiger partial charge in [0.1, 0.15) is 24.7 Å². The number of hydrogen-bond donors (Lipinski definition) is 1. The van der Waals surface area contributed by atoms with E-state index in [1.165, 1.54) is 0 Å². The molecule has 6 heteroatoms. The van der Waals surface area contributed by atoms with Crippen LogP contribution in [0.4, 0.5) is 5.69 Å². The summed E-state index contributed by atoms with van der Waals surface area (Å²) in [7, 11) is 1.65. The van der Waals surface area contributed by atoms with E-state index in [1.54, 1.807) is 25.3 Å². The van der Waals surface area contributed by atoms with Gasteiger partial charge in [-0.15, -0.1) is 0 Å². The van der Waals surface area contributed by atoms with E-state index < -0.39 is 0 Å².